The highest BCUT2D eigenvalue weighted by molar-refractivity contribution is 5.84. The Morgan fingerprint density at radius 3 is 2.38 bits per heavy atom. The Kier molecular flexibility index (Phi) is 5.13. The monoisotopic (exact) mass is 432 g/mol. The van der Waals surface area contributed by atoms with Crippen LogP contribution in [0, 0.1) is 5.82 Å². The van der Waals surface area contributed by atoms with Crippen molar-refractivity contribution in [3.05, 3.63) is 72.6 Å². The number of hydrogen-bond acceptors (Lipinski definition) is 4. The second kappa shape index (κ2) is 8.11. The van der Waals surface area contributed by atoms with Crippen LogP contribution in [0.5, 0.6) is 0 Å². The number of benzene rings is 1. The standard InChI is InChI=1S/C24H25FN6O/c1-17(18-3-6-21(25)7-4-18)24(32)30-11-9-29(10-12-30)23-14-27-31-16-19(5-8-22(23)31)20-13-26-28(2)15-20/h3-8,13-17H,9-12H2,1-2H3/t17-/m1/s1. The number of pyridine rings is 1. The van der Waals surface area contributed by atoms with E-state index in [9.17, 15) is 9.18 Å². The number of aryl methyl sites for hydroxylation is 1. The number of anilines is 1. The van der Waals surface area contributed by atoms with Crippen LogP contribution in [-0.2, 0) is 11.8 Å². The van der Waals surface area contributed by atoms with E-state index in [4.69, 9.17) is 0 Å². The smallest absolute Gasteiger partial charge is 0.229 e. The number of halogens is 1. The quantitative estimate of drug-likeness (QED) is 0.496. The molecule has 1 saturated heterocycles. The predicted molar refractivity (Wildman–Crippen MR) is 121 cm³/mol. The zero-order valence-corrected chi connectivity index (χ0v) is 18.1. The number of nitrogens with zero attached hydrogens (tertiary/aromatic N) is 6. The van der Waals surface area contributed by atoms with Gasteiger partial charge in [0.2, 0.25) is 5.91 Å². The molecule has 0 bridgehead atoms. The van der Waals surface area contributed by atoms with Gasteiger partial charge in [-0.1, -0.05) is 18.2 Å². The maximum atomic E-state index is 13.2. The fourth-order valence-corrected chi connectivity index (χ4v) is 4.29. The molecule has 164 valence electrons. The molecule has 7 nitrogen and oxygen atoms in total. The van der Waals surface area contributed by atoms with Crippen LogP contribution in [0.15, 0.2) is 61.2 Å². The summed E-state index contributed by atoms with van der Waals surface area (Å²) in [5.41, 5.74) is 5.06. The van der Waals surface area contributed by atoms with Gasteiger partial charge in [0.15, 0.2) is 0 Å². The minimum Gasteiger partial charge on any atom is -0.365 e. The molecule has 0 unspecified atom stereocenters. The van der Waals surface area contributed by atoms with Crippen LogP contribution in [-0.4, -0.2) is 56.4 Å². The number of carbonyl (C=O) groups is 1. The lowest BCUT2D eigenvalue weighted by molar-refractivity contribution is -0.132. The molecule has 1 aliphatic rings. The molecule has 4 heterocycles. The molecule has 0 spiro atoms. The normalized spacial score (nSPS) is 15.3. The Labute approximate surface area is 185 Å². The number of carbonyl (C=O) groups excluding carboxylic acids is 1. The van der Waals surface area contributed by atoms with Crippen LogP contribution >= 0.6 is 0 Å². The van der Waals surface area contributed by atoms with E-state index in [1.54, 1.807) is 16.8 Å². The molecule has 1 fully saturated rings. The van der Waals surface area contributed by atoms with Crippen molar-refractivity contribution in [1.29, 1.82) is 0 Å². The van der Waals surface area contributed by atoms with Crippen molar-refractivity contribution >= 4 is 17.1 Å². The molecule has 0 N–H and O–H groups in total. The van der Waals surface area contributed by atoms with E-state index in [-0.39, 0.29) is 17.6 Å². The Hall–Kier alpha value is -3.68. The van der Waals surface area contributed by atoms with Crippen LogP contribution in [0.25, 0.3) is 16.6 Å². The first-order chi connectivity index (χ1) is 15.5. The summed E-state index contributed by atoms with van der Waals surface area (Å²) >= 11 is 0. The van der Waals surface area contributed by atoms with E-state index in [0.717, 1.165) is 41.0 Å². The number of hydrogen-bond donors (Lipinski definition) is 0. The second-order valence-corrected chi connectivity index (χ2v) is 8.27. The highest BCUT2D eigenvalue weighted by atomic mass is 19.1. The summed E-state index contributed by atoms with van der Waals surface area (Å²) in [6.07, 6.45) is 7.73. The maximum absolute atomic E-state index is 13.2. The lowest BCUT2D eigenvalue weighted by atomic mass is 9.99. The van der Waals surface area contributed by atoms with Crippen molar-refractivity contribution in [3.63, 3.8) is 0 Å². The topological polar surface area (TPSA) is 58.7 Å². The summed E-state index contributed by atoms with van der Waals surface area (Å²) in [7, 11) is 1.90. The van der Waals surface area contributed by atoms with E-state index in [0.29, 0.717) is 13.1 Å². The summed E-state index contributed by atoms with van der Waals surface area (Å²) in [6.45, 7) is 4.67. The van der Waals surface area contributed by atoms with Gasteiger partial charge in [-0.05, 0) is 30.7 Å². The Bertz CT molecular complexity index is 1250. The second-order valence-electron chi connectivity index (χ2n) is 8.27. The highest BCUT2D eigenvalue weighted by Crippen LogP contribution is 2.27. The fraction of sp³-hybridized carbons (Fsp3) is 0.292. The maximum Gasteiger partial charge on any atom is 0.229 e. The lowest BCUT2D eigenvalue weighted by Crippen LogP contribution is -2.49. The molecule has 1 amide bonds. The summed E-state index contributed by atoms with van der Waals surface area (Å²) in [6, 6.07) is 10.4. The Morgan fingerprint density at radius 1 is 0.938 bits per heavy atom. The number of aromatic nitrogens is 4. The van der Waals surface area contributed by atoms with Crippen molar-refractivity contribution in [1.82, 2.24) is 24.3 Å². The predicted octanol–water partition coefficient (Wildman–Crippen LogP) is 3.33. The molecule has 1 aliphatic heterocycles. The third kappa shape index (κ3) is 3.72. The van der Waals surface area contributed by atoms with Crippen molar-refractivity contribution in [2.75, 3.05) is 31.1 Å². The third-order valence-electron chi connectivity index (χ3n) is 6.21. The minimum absolute atomic E-state index is 0.0808. The fourth-order valence-electron chi connectivity index (χ4n) is 4.29. The van der Waals surface area contributed by atoms with Crippen LogP contribution < -0.4 is 4.90 Å². The molecule has 1 atom stereocenters. The lowest BCUT2D eigenvalue weighted by Gasteiger charge is -2.36. The van der Waals surface area contributed by atoms with Gasteiger partial charge in [0.25, 0.3) is 0 Å². The Morgan fingerprint density at radius 2 is 1.69 bits per heavy atom. The number of amides is 1. The number of piperazine rings is 1. The molecular formula is C24H25FN6O. The molecule has 0 radical (unpaired) electrons. The molecule has 5 rings (SSSR count). The summed E-state index contributed by atoms with van der Waals surface area (Å²) < 4.78 is 16.9. The van der Waals surface area contributed by atoms with E-state index in [2.05, 4.69) is 27.2 Å². The first-order valence-electron chi connectivity index (χ1n) is 10.8. The molecule has 8 heteroatoms. The van der Waals surface area contributed by atoms with Gasteiger partial charge in [0.05, 0.1) is 29.5 Å². The molecule has 0 aliphatic carbocycles. The zero-order valence-electron chi connectivity index (χ0n) is 18.1. The molecule has 32 heavy (non-hydrogen) atoms. The Balaban J connectivity index is 1.27. The van der Waals surface area contributed by atoms with Gasteiger partial charge in [-0.15, -0.1) is 0 Å². The van der Waals surface area contributed by atoms with Crippen LogP contribution in [0.4, 0.5) is 10.1 Å². The summed E-state index contributed by atoms with van der Waals surface area (Å²) in [5, 5.41) is 8.79. The first-order valence-corrected chi connectivity index (χ1v) is 10.8. The van der Waals surface area contributed by atoms with Gasteiger partial charge in [0, 0.05) is 56.7 Å². The molecule has 1 aromatic carbocycles. The van der Waals surface area contributed by atoms with Crippen molar-refractivity contribution < 1.29 is 9.18 Å². The molecule has 3 aromatic heterocycles. The number of rotatable bonds is 4. The molecule has 4 aromatic rings. The van der Waals surface area contributed by atoms with Crippen molar-refractivity contribution in [2.45, 2.75) is 12.8 Å². The van der Waals surface area contributed by atoms with Crippen LogP contribution in [0.1, 0.15) is 18.4 Å². The van der Waals surface area contributed by atoms with E-state index < -0.39 is 0 Å². The largest absolute Gasteiger partial charge is 0.365 e. The van der Waals surface area contributed by atoms with Gasteiger partial charge < -0.3 is 9.80 Å². The van der Waals surface area contributed by atoms with Gasteiger partial charge in [-0.3, -0.25) is 9.48 Å². The van der Waals surface area contributed by atoms with E-state index in [1.807, 2.05) is 48.2 Å². The third-order valence-corrected chi connectivity index (χ3v) is 6.21. The average molecular weight is 433 g/mol. The molecule has 0 saturated carbocycles. The SMILES string of the molecule is C[C@@H](C(=O)N1CCN(c2cnn3cc(-c4cnn(C)c4)ccc23)CC1)c1ccc(F)cc1. The summed E-state index contributed by atoms with van der Waals surface area (Å²) in [5.74, 6) is -0.495. The number of fused-ring (bicyclic) bond motifs is 1. The average Bonchev–Trinajstić information content (AvgIpc) is 3.44. The van der Waals surface area contributed by atoms with Gasteiger partial charge in [0.1, 0.15) is 5.82 Å². The van der Waals surface area contributed by atoms with Crippen LogP contribution in [0.2, 0.25) is 0 Å². The van der Waals surface area contributed by atoms with Gasteiger partial charge in [-0.25, -0.2) is 8.91 Å². The van der Waals surface area contributed by atoms with E-state index >= 15 is 0 Å². The molecular weight excluding hydrogens is 407 g/mol. The van der Waals surface area contributed by atoms with Crippen LogP contribution in [0.3, 0.4) is 0 Å². The van der Waals surface area contributed by atoms with Gasteiger partial charge >= 0.3 is 0 Å². The minimum atomic E-state index is -0.289. The van der Waals surface area contributed by atoms with Crippen molar-refractivity contribution in [2.24, 2.45) is 7.05 Å². The zero-order chi connectivity index (χ0) is 22.2. The summed E-state index contributed by atoms with van der Waals surface area (Å²) in [4.78, 5) is 17.1. The van der Waals surface area contributed by atoms with Crippen molar-refractivity contribution in [3.8, 4) is 11.1 Å². The highest BCUT2D eigenvalue weighted by Gasteiger charge is 2.27. The first kappa shape index (κ1) is 20.2. The van der Waals surface area contributed by atoms with E-state index in [1.165, 1.54) is 12.1 Å². The van der Waals surface area contributed by atoms with Gasteiger partial charge in [-0.2, -0.15) is 10.2 Å².